The summed E-state index contributed by atoms with van der Waals surface area (Å²) in [7, 11) is 0. The number of hydrogen-bond acceptors (Lipinski definition) is 4. The van der Waals surface area contributed by atoms with Gasteiger partial charge in [0.05, 0.1) is 5.71 Å². The highest BCUT2D eigenvalue weighted by Gasteiger charge is 2.21. The molecule has 0 spiro atoms. The number of aromatic nitrogens is 3. The summed E-state index contributed by atoms with van der Waals surface area (Å²) in [5.74, 6) is 1.61. The van der Waals surface area contributed by atoms with Crippen molar-refractivity contribution < 1.29 is 0 Å². The molecule has 5 heteroatoms. The zero-order valence-corrected chi connectivity index (χ0v) is 13.8. The van der Waals surface area contributed by atoms with Crippen LogP contribution in [0.1, 0.15) is 16.7 Å². The van der Waals surface area contributed by atoms with Crippen molar-refractivity contribution in [1.82, 2.24) is 14.9 Å². The predicted octanol–water partition coefficient (Wildman–Crippen LogP) is 3.92. The highest BCUT2D eigenvalue weighted by Crippen LogP contribution is 2.29. The van der Waals surface area contributed by atoms with E-state index in [9.17, 15) is 0 Å². The van der Waals surface area contributed by atoms with E-state index in [-0.39, 0.29) is 0 Å². The number of benzene rings is 2. The van der Waals surface area contributed by atoms with E-state index < -0.39 is 0 Å². The molecular formula is C18H16N4S. The highest BCUT2D eigenvalue weighted by molar-refractivity contribution is 7.99. The Kier molecular flexibility index (Phi) is 3.50. The monoisotopic (exact) mass is 320 g/mol. The molecule has 0 radical (unpaired) electrons. The van der Waals surface area contributed by atoms with Crippen LogP contribution in [0, 0.1) is 13.8 Å². The van der Waals surface area contributed by atoms with Crippen LogP contribution < -0.4 is 0 Å². The number of thioether (sulfide) groups is 1. The van der Waals surface area contributed by atoms with Crippen molar-refractivity contribution in [1.29, 1.82) is 0 Å². The van der Waals surface area contributed by atoms with Gasteiger partial charge >= 0.3 is 0 Å². The van der Waals surface area contributed by atoms with Gasteiger partial charge in [-0.3, -0.25) is 0 Å². The van der Waals surface area contributed by atoms with Crippen LogP contribution in [0.15, 0.2) is 58.8 Å². The summed E-state index contributed by atoms with van der Waals surface area (Å²) in [5, 5.41) is 14.3. The molecule has 0 N–H and O–H groups in total. The second-order valence-electron chi connectivity index (χ2n) is 5.63. The van der Waals surface area contributed by atoms with E-state index in [1.54, 1.807) is 11.8 Å². The van der Waals surface area contributed by atoms with Gasteiger partial charge in [-0.05, 0) is 19.4 Å². The van der Waals surface area contributed by atoms with Crippen LogP contribution in [-0.2, 0) is 0 Å². The number of fused-ring (bicyclic) bond motifs is 1. The van der Waals surface area contributed by atoms with E-state index in [1.807, 2.05) is 4.68 Å². The van der Waals surface area contributed by atoms with Gasteiger partial charge in [0.2, 0.25) is 5.16 Å². The first-order chi connectivity index (χ1) is 11.2. The molecule has 0 saturated carbocycles. The molecule has 114 valence electrons. The molecule has 4 rings (SSSR count). The third kappa shape index (κ3) is 2.57. The van der Waals surface area contributed by atoms with E-state index in [4.69, 9.17) is 5.10 Å². The van der Waals surface area contributed by atoms with Crippen LogP contribution in [0.25, 0.3) is 11.4 Å². The number of rotatable bonds is 2. The van der Waals surface area contributed by atoms with Crippen molar-refractivity contribution in [2.75, 3.05) is 5.75 Å². The van der Waals surface area contributed by atoms with Gasteiger partial charge in [-0.25, -0.2) is 0 Å². The van der Waals surface area contributed by atoms with Crippen LogP contribution in [0.3, 0.4) is 0 Å². The third-order valence-corrected chi connectivity index (χ3v) is 4.87. The zero-order valence-electron chi connectivity index (χ0n) is 13.0. The number of hydrogen-bond donors (Lipinski definition) is 0. The molecular weight excluding hydrogens is 304 g/mol. The fourth-order valence-corrected chi connectivity index (χ4v) is 3.47. The minimum Gasteiger partial charge on any atom is -0.187 e. The molecule has 23 heavy (non-hydrogen) atoms. The molecule has 0 fully saturated rings. The average Bonchev–Trinajstić information content (AvgIpc) is 2.99. The van der Waals surface area contributed by atoms with Crippen molar-refractivity contribution in [2.45, 2.75) is 19.0 Å². The van der Waals surface area contributed by atoms with E-state index in [2.05, 4.69) is 72.6 Å². The number of nitrogens with zero attached hydrogens (tertiary/aromatic N) is 4. The molecule has 0 unspecified atom stereocenters. The molecule has 1 aliphatic rings. The van der Waals surface area contributed by atoms with Gasteiger partial charge in [-0.15, -0.1) is 10.2 Å². The van der Waals surface area contributed by atoms with Crippen molar-refractivity contribution in [3.8, 4) is 11.4 Å². The first-order valence-electron chi connectivity index (χ1n) is 7.51. The van der Waals surface area contributed by atoms with E-state index in [1.165, 1.54) is 16.7 Å². The molecule has 0 aliphatic carbocycles. The SMILES string of the molecule is Cc1ccc(-c2nnc3n2N=C(c2ccccc2C)CS3)cc1. The lowest BCUT2D eigenvalue weighted by atomic mass is 10.1. The maximum absolute atomic E-state index is 4.82. The second-order valence-corrected chi connectivity index (χ2v) is 6.58. The summed E-state index contributed by atoms with van der Waals surface area (Å²) in [5.41, 5.74) is 5.75. The topological polar surface area (TPSA) is 43.1 Å². The summed E-state index contributed by atoms with van der Waals surface area (Å²) in [6.45, 7) is 4.19. The van der Waals surface area contributed by atoms with Crippen LogP contribution >= 0.6 is 11.8 Å². The maximum Gasteiger partial charge on any atom is 0.212 e. The van der Waals surface area contributed by atoms with Gasteiger partial charge in [0.15, 0.2) is 5.82 Å². The molecule has 0 atom stereocenters. The smallest absolute Gasteiger partial charge is 0.187 e. The summed E-state index contributed by atoms with van der Waals surface area (Å²) in [4.78, 5) is 0. The lowest BCUT2D eigenvalue weighted by molar-refractivity contribution is 0.762. The summed E-state index contributed by atoms with van der Waals surface area (Å²) >= 11 is 1.68. The van der Waals surface area contributed by atoms with Crippen molar-refractivity contribution in [2.24, 2.45) is 5.10 Å². The standard InChI is InChI=1S/C18H16N4S/c1-12-7-9-14(10-8-12)17-19-20-18-22(17)21-16(11-23-18)15-6-4-3-5-13(15)2/h3-10H,11H2,1-2H3. The van der Waals surface area contributed by atoms with Gasteiger partial charge in [-0.1, -0.05) is 65.9 Å². The van der Waals surface area contributed by atoms with Gasteiger partial charge in [0.25, 0.3) is 0 Å². The zero-order chi connectivity index (χ0) is 15.8. The average molecular weight is 320 g/mol. The second kappa shape index (κ2) is 5.66. The largest absolute Gasteiger partial charge is 0.212 e. The quantitative estimate of drug-likeness (QED) is 0.719. The Bertz CT molecular complexity index is 894. The van der Waals surface area contributed by atoms with E-state index in [0.717, 1.165) is 28.0 Å². The molecule has 1 aromatic heterocycles. The molecule has 1 aliphatic heterocycles. The predicted molar refractivity (Wildman–Crippen MR) is 94.0 cm³/mol. The summed E-state index contributed by atoms with van der Waals surface area (Å²) < 4.78 is 1.86. The fraction of sp³-hybridized carbons (Fsp3) is 0.167. The Balaban J connectivity index is 1.81. The lowest BCUT2D eigenvalue weighted by Gasteiger charge is -2.15. The lowest BCUT2D eigenvalue weighted by Crippen LogP contribution is -2.14. The normalized spacial score (nSPS) is 13.6. The Labute approximate surface area is 139 Å². The minimum atomic E-state index is 0.790. The summed E-state index contributed by atoms with van der Waals surface area (Å²) in [6, 6.07) is 16.6. The third-order valence-electron chi connectivity index (χ3n) is 3.94. The highest BCUT2D eigenvalue weighted by atomic mass is 32.2. The first-order valence-corrected chi connectivity index (χ1v) is 8.50. The van der Waals surface area contributed by atoms with E-state index in [0.29, 0.717) is 0 Å². The Hall–Kier alpha value is -2.40. The van der Waals surface area contributed by atoms with E-state index >= 15 is 0 Å². The Morgan fingerprint density at radius 1 is 0.957 bits per heavy atom. The van der Waals surface area contributed by atoms with Crippen molar-refractivity contribution in [3.63, 3.8) is 0 Å². The minimum absolute atomic E-state index is 0.790. The first kappa shape index (κ1) is 14.2. The van der Waals surface area contributed by atoms with Crippen LogP contribution in [0.4, 0.5) is 0 Å². The Morgan fingerprint density at radius 3 is 2.52 bits per heavy atom. The number of aryl methyl sites for hydroxylation is 2. The molecule has 0 amide bonds. The molecule has 2 aromatic carbocycles. The Morgan fingerprint density at radius 2 is 1.74 bits per heavy atom. The van der Waals surface area contributed by atoms with Gasteiger partial charge in [0.1, 0.15) is 0 Å². The van der Waals surface area contributed by atoms with Crippen molar-refractivity contribution >= 4 is 17.5 Å². The molecule has 0 saturated heterocycles. The van der Waals surface area contributed by atoms with Crippen LogP contribution in [0.5, 0.6) is 0 Å². The van der Waals surface area contributed by atoms with Crippen LogP contribution in [0.2, 0.25) is 0 Å². The fourth-order valence-electron chi connectivity index (χ4n) is 2.64. The molecule has 2 heterocycles. The molecule has 4 nitrogen and oxygen atoms in total. The van der Waals surface area contributed by atoms with Gasteiger partial charge in [0, 0.05) is 16.9 Å². The molecule has 3 aromatic rings. The van der Waals surface area contributed by atoms with Gasteiger partial charge < -0.3 is 0 Å². The van der Waals surface area contributed by atoms with Gasteiger partial charge in [-0.2, -0.15) is 9.78 Å². The van der Waals surface area contributed by atoms with Crippen LogP contribution in [-0.4, -0.2) is 26.3 Å². The maximum atomic E-state index is 4.82. The molecule has 0 bridgehead atoms. The summed E-state index contributed by atoms with van der Waals surface area (Å²) in [6.07, 6.45) is 0. The van der Waals surface area contributed by atoms with Crippen molar-refractivity contribution in [3.05, 3.63) is 65.2 Å².